The number of carboxylic acid groups (broad SMARTS) is 1. The second-order valence-corrected chi connectivity index (χ2v) is 11.8. The summed E-state index contributed by atoms with van der Waals surface area (Å²) >= 11 is 0. The Bertz CT molecular complexity index is 1620. The number of benzene rings is 1. The Morgan fingerprint density at radius 3 is 2.52 bits per heavy atom. The van der Waals surface area contributed by atoms with Crippen LogP contribution < -0.4 is 15.4 Å². The van der Waals surface area contributed by atoms with E-state index in [1.54, 1.807) is 16.8 Å². The number of sulfonamides is 1. The van der Waals surface area contributed by atoms with Gasteiger partial charge in [-0.2, -0.15) is 9.82 Å². The monoisotopic (exact) mass is 595 g/mol. The summed E-state index contributed by atoms with van der Waals surface area (Å²) in [6, 6.07) is 8.47. The van der Waals surface area contributed by atoms with Gasteiger partial charge in [0.2, 0.25) is 10.0 Å². The molecule has 0 spiro atoms. The average Bonchev–Trinajstić information content (AvgIpc) is 3.55. The fraction of sp³-hybridized carbons (Fsp3) is 0.333. The number of hydrogen-bond donors (Lipinski definition) is 4. The molecule has 0 fully saturated rings. The van der Waals surface area contributed by atoms with Gasteiger partial charge in [-0.25, -0.2) is 13.4 Å². The number of carboxylic acids is 1. The number of imide groups is 1. The van der Waals surface area contributed by atoms with E-state index in [9.17, 15) is 32.7 Å². The number of rotatable bonds is 12. The molecule has 4 N–H and O–H groups in total. The van der Waals surface area contributed by atoms with Crippen LogP contribution in [-0.2, 0) is 34.2 Å². The SMILES string of the molecule is O=C(NC[C@H](NS(=O)(=O)CCN1C(=O)c2ccccc2C1=O)C(=O)O)c1cnn(CCc2ccc3c(n2)NCCC3)c1. The third-order valence-corrected chi connectivity index (χ3v) is 8.36. The molecule has 2 aliphatic heterocycles. The molecule has 0 bridgehead atoms. The van der Waals surface area contributed by atoms with E-state index in [-0.39, 0.29) is 16.7 Å². The van der Waals surface area contributed by atoms with Crippen LogP contribution in [0.25, 0.3) is 0 Å². The van der Waals surface area contributed by atoms with Crippen LogP contribution in [0.15, 0.2) is 48.8 Å². The Kier molecular flexibility index (Phi) is 8.31. The summed E-state index contributed by atoms with van der Waals surface area (Å²) in [4.78, 5) is 54.7. The van der Waals surface area contributed by atoms with Crippen LogP contribution in [-0.4, -0.2) is 88.3 Å². The lowest BCUT2D eigenvalue weighted by Gasteiger charge is -2.17. The highest BCUT2D eigenvalue weighted by Crippen LogP contribution is 2.22. The fourth-order valence-electron chi connectivity index (χ4n) is 4.75. The number of anilines is 1. The van der Waals surface area contributed by atoms with E-state index in [2.05, 4.69) is 26.8 Å². The van der Waals surface area contributed by atoms with E-state index in [4.69, 9.17) is 0 Å². The van der Waals surface area contributed by atoms with Crippen molar-refractivity contribution in [2.24, 2.45) is 0 Å². The first-order chi connectivity index (χ1) is 20.1. The van der Waals surface area contributed by atoms with Gasteiger partial charge in [0.05, 0.1) is 28.6 Å². The van der Waals surface area contributed by atoms with Crippen molar-refractivity contribution in [3.05, 3.63) is 76.7 Å². The largest absolute Gasteiger partial charge is 0.480 e. The van der Waals surface area contributed by atoms with Gasteiger partial charge < -0.3 is 15.7 Å². The zero-order valence-corrected chi connectivity index (χ0v) is 23.3. The maximum Gasteiger partial charge on any atom is 0.323 e. The minimum absolute atomic E-state index is 0.174. The Hall–Kier alpha value is -4.63. The van der Waals surface area contributed by atoms with Crippen LogP contribution in [0.4, 0.5) is 5.82 Å². The van der Waals surface area contributed by atoms with Crippen molar-refractivity contribution >= 4 is 39.5 Å². The molecule has 0 aliphatic carbocycles. The maximum atomic E-state index is 12.6. The first-order valence-corrected chi connectivity index (χ1v) is 15.0. The molecule has 0 saturated heterocycles. The topological polar surface area (TPSA) is 193 Å². The van der Waals surface area contributed by atoms with Gasteiger partial charge in [0.1, 0.15) is 11.9 Å². The molecule has 1 atom stereocenters. The molecule has 4 heterocycles. The summed E-state index contributed by atoms with van der Waals surface area (Å²) < 4.78 is 28.8. The predicted molar refractivity (Wildman–Crippen MR) is 149 cm³/mol. The quantitative estimate of drug-likeness (QED) is 0.211. The van der Waals surface area contributed by atoms with Crippen LogP contribution in [0.1, 0.15) is 48.8 Å². The lowest BCUT2D eigenvalue weighted by Crippen LogP contribution is -2.50. The highest BCUT2D eigenvalue weighted by Gasteiger charge is 2.36. The van der Waals surface area contributed by atoms with Gasteiger partial charge in [-0.15, -0.1) is 0 Å². The van der Waals surface area contributed by atoms with Crippen molar-refractivity contribution < 1.29 is 32.7 Å². The molecule has 14 nitrogen and oxygen atoms in total. The van der Waals surface area contributed by atoms with Crippen molar-refractivity contribution in [2.45, 2.75) is 31.8 Å². The van der Waals surface area contributed by atoms with Crippen molar-refractivity contribution in [3.8, 4) is 0 Å². The standard InChI is InChI=1S/C27H29N7O7S/c35-24(18-14-30-33(16-18)11-9-19-8-7-17-4-3-10-28-23(17)31-19)29-15-22(27(38)39)32-42(40,41)13-12-34-25(36)20-5-1-2-6-21(20)26(34)37/h1-2,5-8,14,16,22,32H,3-4,9-13,15H2,(H,28,31)(H,29,35)(H,38,39)/t22-/m0/s1. The zero-order valence-electron chi connectivity index (χ0n) is 22.4. The predicted octanol–water partition coefficient (Wildman–Crippen LogP) is 0.278. The molecule has 2 aromatic heterocycles. The van der Waals surface area contributed by atoms with Crippen LogP contribution in [0.3, 0.4) is 0 Å². The number of carbonyl (C=O) groups is 4. The van der Waals surface area contributed by atoms with Gasteiger partial charge >= 0.3 is 5.97 Å². The molecule has 42 heavy (non-hydrogen) atoms. The third kappa shape index (κ3) is 6.47. The van der Waals surface area contributed by atoms with E-state index in [0.29, 0.717) is 13.0 Å². The number of fused-ring (bicyclic) bond motifs is 2. The Morgan fingerprint density at radius 1 is 1.07 bits per heavy atom. The molecule has 0 unspecified atom stereocenters. The maximum absolute atomic E-state index is 12.6. The summed E-state index contributed by atoms with van der Waals surface area (Å²) in [5.41, 5.74) is 2.59. The van der Waals surface area contributed by atoms with E-state index in [0.717, 1.165) is 35.8 Å². The summed E-state index contributed by atoms with van der Waals surface area (Å²) in [5.74, 6) is -3.20. The molecule has 3 amide bonds. The number of nitrogens with one attached hydrogen (secondary N) is 3. The summed E-state index contributed by atoms with van der Waals surface area (Å²) in [7, 11) is -4.25. The Morgan fingerprint density at radius 2 is 1.81 bits per heavy atom. The second-order valence-electron chi connectivity index (χ2n) is 9.93. The minimum atomic E-state index is -4.25. The molecule has 1 aromatic carbocycles. The molecule has 2 aliphatic rings. The number of aliphatic carboxylic acids is 1. The molecule has 5 rings (SSSR count). The number of carbonyl (C=O) groups excluding carboxylic acids is 3. The molecular formula is C27H29N7O7S. The highest BCUT2D eigenvalue weighted by atomic mass is 32.2. The van der Waals surface area contributed by atoms with Gasteiger partial charge in [0, 0.05) is 44.5 Å². The minimum Gasteiger partial charge on any atom is -0.480 e. The summed E-state index contributed by atoms with van der Waals surface area (Å²) in [6.07, 6.45) is 5.49. The van der Waals surface area contributed by atoms with Crippen molar-refractivity contribution in [1.29, 1.82) is 0 Å². The van der Waals surface area contributed by atoms with Gasteiger partial charge in [-0.05, 0) is 36.6 Å². The number of hydrogen-bond acceptors (Lipinski definition) is 9. The Balaban J connectivity index is 1.11. The molecule has 15 heteroatoms. The first kappa shape index (κ1) is 28.9. The number of aromatic nitrogens is 3. The summed E-state index contributed by atoms with van der Waals surface area (Å²) in [6.45, 7) is 0.347. The molecule has 3 aromatic rings. The Labute approximate surface area is 241 Å². The summed E-state index contributed by atoms with van der Waals surface area (Å²) in [5, 5.41) is 19.4. The van der Waals surface area contributed by atoms with Crippen molar-refractivity contribution in [1.82, 2.24) is 29.7 Å². The first-order valence-electron chi connectivity index (χ1n) is 13.3. The van der Waals surface area contributed by atoms with Crippen molar-refractivity contribution in [3.63, 3.8) is 0 Å². The van der Waals surface area contributed by atoms with Crippen LogP contribution in [0, 0.1) is 0 Å². The van der Waals surface area contributed by atoms with Gasteiger partial charge in [0.15, 0.2) is 0 Å². The second kappa shape index (κ2) is 12.1. The van der Waals surface area contributed by atoms with Gasteiger partial charge in [-0.3, -0.25) is 28.8 Å². The van der Waals surface area contributed by atoms with Crippen LogP contribution in [0.5, 0.6) is 0 Å². The van der Waals surface area contributed by atoms with E-state index >= 15 is 0 Å². The van der Waals surface area contributed by atoms with Gasteiger partial charge in [0.25, 0.3) is 17.7 Å². The van der Waals surface area contributed by atoms with Crippen molar-refractivity contribution in [2.75, 3.05) is 30.7 Å². The third-order valence-electron chi connectivity index (χ3n) is 6.99. The number of nitrogens with zero attached hydrogens (tertiary/aromatic N) is 4. The number of amides is 3. The number of aryl methyl sites for hydroxylation is 3. The van der Waals surface area contributed by atoms with Crippen LogP contribution >= 0.6 is 0 Å². The average molecular weight is 596 g/mol. The lowest BCUT2D eigenvalue weighted by molar-refractivity contribution is -0.138. The molecule has 220 valence electrons. The molecular weight excluding hydrogens is 566 g/mol. The normalized spacial score (nSPS) is 15.1. The molecule has 0 saturated carbocycles. The van der Waals surface area contributed by atoms with E-state index < -0.39 is 58.6 Å². The zero-order chi connectivity index (χ0) is 29.9. The number of pyridine rings is 1. The van der Waals surface area contributed by atoms with E-state index in [1.807, 2.05) is 10.8 Å². The van der Waals surface area contributed by atoms with E-state index in [1.165, 1.54) is 30.1 Å². The van der Waals surface area contributed by atoms with Gasteiger partial charge in [-0.1, -0.05) is 18.2 Å². The lowest BCUT2D eigenvalue weighted by atomic mass is 10.1. The van der Waals surface area contributed by atoms with Crippen LogP contribution in [0.2, 0.25) is 0 Å². The fourth-order valence-corrected chi connectivity index (χ4v) is 5.90. The smallest absolute Gasteiger partial charge is 0.323 e. The molecule has 0 radical (unpaired) electrons. The highest BCUT2D eigenvalue weighted by molar-refractivity contribution is 7.89.